The van der Waals surface area contributed by atoms with Crippen molar-refractivity contribution in [3.63, 3.8) is 0 Å². The number of hydrogen-bond donors (Lipinski definition) is 2. The lowest BCUT2D eigenvalue weighted by Crippen LogP contribution is -2.47. The highest BCUT2D eigenvalue weighted by Crippen LogP contribution is 2.19. The number of nitrogens with zero attached hydrogens (tertiary/aromatic N) is 2. The van der Waals surface area contributed by atoms with Crippen LogP contribution in [-0.2, 0) is 14.8 Å². The molecule has 0 atom stereocenters. The van der Waals surface area contributed by atoms with E-state index in [1.165, 1.54) is 17.8 Å². The maximum atomic E-state index is 12.5. The van der Waals surface area contributed by atoms with Crippen molar-refractivity contribution in [2.45, 2.75) is 24.7 Å². The molecule has 1 aliphatic heterocycles. The monoisotopic (exact) mass is 464 g/mol. The van der Waals surface area contributed by atoms with E-state index < -0.39 is 10.0 Å². The van der Waals surface area contributed by atoms with Crippen molar-refractivity contribution >= 4 is 38.9 Å². The first-order valence-corrected chi connectivity index (χ1v) is 12.4. The first-order valence-electron chi connectivity index (χ1n) is 10.5. The summed E-state index contributed by atoms with van der Waals surface area (Å²) in [6, 6.07) is 14.1. The summed E-state index contributed by atoms with van der Waals surface area (Å²) in [7, 11) is -3.56. The molecule has 7 nitrogen and oxygen atoms in total. The number of rotatable bonds is 9. The van der Waals surface area contributed by atoms with Gasteiger partial charge in [-0.2, -0.15) is 0 Å². The average molecular weight is 465 g/mol. The van der Waals surface area contributed by atoms with Crippen molar-refractivity contribution in [1.82, 2.24) is 9.62 Å². The van der Waals surface area contributed by atoms with Gasteiger partial charge in [-0.1, -0.05) is 18.5 Å². The van der Waals surface area contributed by atoms with E-state index in [-0.39, 0.29) is 10.8 Å². The van der Waals surface area contributed by atoms with Gasteiger partial charge in [0.2, 0.25) is 15.9 Å². The van der Waals surface area contributed by atoms with Gasteiger partial charge in [-0.3, -0.25) is 9.69 Å². The van der Waals surface area contributed by atoms with Crippen LogP contribution in [0, 0.1) is 0 Å². The zero-order valence-corrected chi connectivity index (χ0v) is 19.3. The fourth-order valence-corrected chi connectivity index (χ4v) is 4.64. The quantitative estimate of drug-likeness (QED) is 0.557. The standard InChI is InChI=1S/C22H29ClN4O3S/c1-2-22(28)25-19-6-10-21(11-7-19)31(29,30)24-12-3-13-26-14-16-27(17-15-26)20-8-4-18(23)5-9-20/h4-11,24H,2-3,12-17H2,1H3,(H,25,28). The summed E-state index contributed by atoms with van der Waals surface area (Å²) in [6.07, 6.45) is 1.11. The smallest absolute Gasteiger partial charge is 0.240 e. The van der Waals surface area contributed by atoms with Gasteiger partial charge in [-0.05, 0) is 61.5 Å². The third kappa shape index (κ3) is 6.93. The Morgan fingerprint density at radius 3 is 2.26 bits per heavy atom. The van der Waals surface area contributed by atoms with Crippen molar-refractivity contribution < 1.29 is 13.2 Å². The predicted molar refractivity (Wildman–Crippen MR) is 125 cm³/mol. The topological polar surface area (TPSA) is 81.7 Å². The van der Waals surface area contributed by atoms with E-state index in [2.05, 4.69) is 19.8 Å². The van der Waals surface area contributed by atoms with Gasteiger partial charge < -0.3 is 10.2 Å². The molecule has 1 saturated heterocycles. The van der Waals surface area contributed by atoms with Crippen LogP contribution >= 0.6 is 11.6 Å². The minimum absolute atomic E-state index is 0.109. The van der Waals surface area contributed by atoms with Crippen LogP contribution in [0.2, 0.25) is 5.02 Å². The maximum Gasteiger partial charge on any atom is 0.240 e. The fourth-order valence-electron chi connectivity index (χ4n) is 3.44. The van der Waals surface area contributed by atoms with Crippen LogP contribution in [0.15, 0.2) is 53.4 Å². The molecule has 2 aromatic carbocycles. The van der Waals surface area contributed by atoms with E-state index in [1.54, 1.807) is 19.1 Å². The molecule has 0 saturated carbocycles. The number of hydrogen-bond acceptors (Lipinski definition) is 5. The lowest BCUT2D eigenvalue weighted by Gasteiger charge is -2.36. The second kappa shape index (κ2) is 10.9. The minimum Gasteiger partial charge on any atom is -0.369 e. The molecule has 0 aromatic heterocycles. The number of carbonyl (C=O) groups excluding carboxylic acids is 1. The zero-order valence-electron chi connectivity index (χ0n) is 17.7. The van der Waals surface area contributed by atoms with Crippen LogP contribution in [0.5, 0.6) is 0 Å². The van der Waals surface area contributed by atoms with Crippen molar-refractivity contribution in [3.8, 4) is 0 Å². The lowest BCUT2D eigenvalue weighted by molar-refractivity contribution is -0.115. The van der Waals surface area contributed by atoms with E-state index in [4.69, 9.17) is 11.6 Å². The van der Waals surface area contributed by atoms with Crippen LogP contribution in [0.4, 0.5) is 11.4 Å². The molecule has 1 fully saturated rings. The molecule has 0 unspecified atom stereocenters. The Morgan fingerprint density at radius 1 is 1.00 bits per heavy atom. The molecular formula is C22H29ClN4O3S. The van der Waals surface area contributed by atoms with E-state index in [0.29, 0.717) is 18.7 Å². The first kappa shape index (κ1) is 23.5. The Bertz CT molecular complexity index is 957. The van der Waals surface area contributed by atoms with Gasteiger partial charge in [-0.25, -0.2) is 13.1 Å². The van der Waals surface area contributed by atoms with Crippen LogP contribution in [0.3, 0.4) is 0 Å². The molecule has 1 heterocycles. The zero-order chi connectivity index (χ0) is 22.3. The van der Waals surface area contributed by atoms with Gasteiger partial charge in [0, 0.05) is 55.5 Å². The highest BCUT2D eigenvalue weighted by molar-refractivity contribution is 7.89. The molecule has 1 aliphatic rings. The Balaban J connectivity index is 1.39. The predicted octanol–water partition coefficient (Wildman–Crippen LogP) is 3.18. The number of benzene rings is 2. The summed E-state index contributed by atoms with van der Waals surface area (Å²) in [6.45, 7) is 6.76. The number of halogens is 1. The molecule has 3 rings (SSSR count). The summed E-state index contributed by atoms with van der Waals surface area (Å²) in [5.41, 5.74) is 1.76. The number of piperazine rings is 1. The molecule has 31 heavy (non-hydrogen) atoms. The molecule has 2 aromatic rings. The van der Waals surface area contributed by atoms with Gasteiger partial charge >= 0.3 is 0 Å². The molecule has 9 heteroatoms. The van der Waals surface area contributed by atoms with E-state index in [0.717, 1.165) is 44.2 Å². The van der Waals surface area contributed by atoms with Gasteiger partial charge in [0.1, 0.15) is 0 Å². The summed E-state index contributed by atoms with van der Waals surface area (Å²) in [5, 5.41) is 3.45. The average Bonchev–Trinajstić information content (AvgIpc) is 2.78. The molecule has 1 amide bonds. The SMILES string of the molecule is CCC(=O)Nc1ccc(S(=O)(=O)NCCCN2CCN(c3ccc(Cl)cc3)CC2)cc1. The Hall–Kier alpha value is -2.13. The Labute approximate surface area is 189 Å². The van der Waals surface area contributed by atoms with E-state index in [9.17, 15) is 13.2 Å². The van der Waals surface area contributed by atoms with E-state index in [1.807, 2.05) is 24.3 Å². The Morgan fingerprint density at radius 2 is 1.65 bits per heavy atom. The number of sulfonamides is 1. The number of anilines is 2. The molecule has 2 N–H and O–H groups in total. The maximum absolute atomic E-state index is 12.5. The highest BCUT2D eigenvalue weighted by Gasteiger charge is 2.18. The minimum atomic E-state index is -3.56. The summed E-state index contributed by atoms with van der Waals surface area (Å²) >= 11 is 5.96. The normalized spacial score (nSPS) is 15.1. The third-order valence-corrected chi connectivity index (χ3v) is 7.01. The fraction of sp³-hybridized carbons (Fsp3) is 0.409. The highest BCUT2D eigenvalue weighted by atomic mass is 35.5. The van der Waals surface area contributed by atoms with Gasteiger partial charge in [-0.15, -0.1) is 0 Å². The second-order valence-electron chi connectivity index (χ2n) is 7.48. The van der Waals surface area contributed by atoms with Crippen LogP contribution in [-0.4, -0.2) is 58.5 Å². The third-order valence-electron chi connectivity index (χ3n) is 5.28. The second-order valence-corrected chi connectivity index (χ2v) is 9.69. The number of nitrogens with one attached hydrogen (secondary N) is 2. The van der Waals surface area contributed by atoms with Crippen LogP contribution < -0.4 is 14.9 Å². The molecule has 0 bridgehead atoms. The van der Waals surface area contributed by atoms with Crippen LogP contribution in [0.25, 0.3) is 0 Å². The van der Waals surface area contributed by atoms with Crippen molar-refractivity contribution in [2.75, 3.05) is 49.5 Å². The van der Waals surface area contributed by atoms with E-state index >= 15 is 0 Å². The molecule has 0 aliphatic carbocycles. The molecular weight excluding hydrogens is 436 g/mol. The van der Waals surface area contributed by atoms with Crippen LogP contribution in [0.1, 0.15) is 19.8 Å². The van der Waals surface area contributed by atoms with Crippen molar-refractivity contribution in [3.05, 3.63) is 53.6 Å². The summed E-state index contributed by atoms with van der Waals surface area (Å²) in [5.74, 6) is -0.109. The van der Waals surface area contributed by atoms with Gasteiger partial charge in [0.15, 0.2) is 0 Å². The molecule has 168 valence electrons. The molecule has 0 spiro atoms. The van der Waals surface area contributed by atoms with Gasteiger partial charge in [0.05, 0.1) is 4.90 Å². The summed E-state index contributed by atoms with van der Waals surface area (Å²) < 4.78 is 27.6. The lowest BCUT2D eigenvalue weighted by atomic mass is 10.2. The Kier molecular flexibility index (Phi) is 8.31. The molecule has 0 radical (unpaired) electrons. The largest absolute Gasteiger partial charge is 0.369 e. The van der Waals surface area contributed by atoms with Gasteiger partial charge in [0.25, 0.3) is 0 Å². The number of carbonyl (C=O) groups is 1. The summed E-state index contributed by atoms with van der Waals surface area (Å²) in [4.78, 5) is 16.3. The number of amides is 1. The first-order chi connectivity index (χ1) is 14.9. The van der Waals surface area contributed by atoms with Crippen molar-refractivity contribution in [2.24, 2.45) is 0 Å². The van der Waals surface area contributed by atoms with Crippen molar-refractivity contribution in [1.29, 1.82) is 0 Å².